The minimum atomic E-state index is -0.371. The van der Waals surface area contributed by atoms with E-state index in [2.05, 4.69) is 15.9 Å². The van der Waals surface area contributed by atoms with Crippen LogP contribution in [0.2, 0.25) is 0 Å². The fourth-order valence-electron chi connectivity index (χ4n) is 1.78. The molecule has 0 saturated carbocycles. The average Bonchev–Trinajstić information content (AvgIpc) is 2.52. The number of benzene rings is 1. The van der Waals surface area contributed by atoms with Crippen LogP contribution in [-0.2, 0) is 6.54 Å². The first-order chi connectivity index (χ1) is 7.22. The second-order valence-electron chi connectivity index (χ2n) is 3.57. The first-order valence-corrected chi connectivity index (χ1v) is 5.65. The summed E-state index contributed by atoms with van der Waals surface area (Å²) in [6, 6.07) is 5.62. The van der Waals surface area contributed by atoms with Crippen LogP contribution < -0.4 is 0 Å². The third kappa shape index (κ3) is 2.04. The smallest absolute Gasteiger partial charge is 0.254 e. The summed E-state index contributed by atoms with van der Waals surface area (Å²) in [6.07, 6.45) is 0.418. The fourth-order valence-corrected chi connectivity index (χ4v) is 2.19. The number of hydrogen-bond acceptors (Lipinski definition) is 1. The van der Waals surface area contributed by atoms with Gasteiger partial charge in [0.15, 0.2) is 0 Å². The highest BCUT2D eigenvalue weighted by Gasteiger charge is 2.26. The van der Waals surface area contributed by atoms with E-state index in [-0.39, 0.29) is 12.6 Å². The van der Waals surface area contributed by atoms with E-state index in [1.807, 2.05) is 18.2 Å². The lowest BCUT2D eigenvalue weighted by molar-refractivity contribution is 0.0774. The first kappa shape index (κ1) is 10.6. The van der Waals surface area contributed by atoms with Gasteiger partial charge in [0.2, 0.25) is 0 Å². The molecule has 1 heterocycles. The minimum Gasteiger partial charge on any atom is -0.334 e. The van der Waals surface area contributed by atoms with Crippen molar-refractivity contribution in [1.29, 1.82) is 0 Å². The Kier molecular flexibility index (Phi) is 3.05. The highest BCUT2D eigenvalue weighted by atomic mass is 79.9. The normalized spacial score (nSPS) is 14.5. The van der Waals surface area contributed by atoms with Crippen molar-refractivity contribution in [2.45, 2.75) is 13.0 Å². The molecule has 1 aliphatic rings. The van der Waals surface area contributed by atoms with Crippen molar-refractivity contribution < 1.29 is 9.18 Å². The maximum absolute atomic E-state index is 12.0. The molecule has 0 radical (unpaired) electrons. The van der Waals surface area contributed by atoms with Gasteiger partial charge >= 0.3 is 0 Å². The minimum absolute atomic E-state index is 0.0194. The second kappa shape index (κ2) is 4.31. The molecular weight excluding hydrogens is 261 g/mol. The molecule has 1 aromatic rings. The molecule has 2 rings (SSSR count). The van der Waals surface area contributed by atoms with E-state index >= 15 is 0 Å². The zero-order valence-corrected chi connectivity index (χ0v) is 9.76. The van der Waals surface area contributed by atoms with Gasteiger partial charge in [-0.1, -0.05) is 15.9 Å². The largest absolute Gasteiger partial charge is 0.334 e. The number of nitrogens with zero attached hydrogens (tertiary/aromatic N) is 1. The topological polar surface area (TPSA) is 20.3 Å². The molecule has 4 heteroatoms. The average molecular weight is 272 g/mol. The lowest BCUT2D eigenvalue weighted by Crippen LogP contribution is -2.25. The Hall–Kier alpha value is -0.900. The number of carbonyl (C=O) groups is 1. The predicted molar refractivity (Wildman–Crippen MR) is 59.5 cm³/mol. The molecule has 0 saturated heterocycles. The van der Waals surface area contributed by atoms with Crippen LogP contribution in [0.4, 0.5) is 4.39 Å². The molecule has 0 N–H and O–H groups in total. The fraction of sp³-hybridized carbons (Fsp3) is 0.364. The molecule has 0 bridgehead atoms. The molecule has 15 heavy (non-hydrogen) atoms. The van der Waals surface area contributed by atoms with Gasteiger partial charge in [0.25, 0.3) is 5.91 Å². The molecule has 80 valence electrons. The molecule has 1 amide bonds. The molecule has 1 aliphatic heterocycles. The van der Waals surface area contributed by atoms with Crippen LogP contribution in [0.3, 0.4) is 0 Å². The zero-order chi connectivity index (χ0) is 10.8. The zero-order valence-electron chi connectivity index (χ0n) is 8.17. The lowest BCUT2D eigenvalue weighted by atomic mass is 10.1. The SMILES string of the molecule is O=C1c2ccc(Br)cc2CN1CCCF. The van der Waals surface area contributed by atoms with Crippen molar-refractivity contribution >= 4 is 21.8 Å². The Labute approximate surface area is 96.2 Å². The van der Waals surface area contributed by atoms with Gasteiger partial charge in [-0.3, -0.25) is 9.18 Å². The molecular formula is C11H11BrFNO. The van der Waals surface area contributed by atoms with Gasteiger partial charge in [0.05, 0.1) is 6.67 Å². The van der Waals surface area contributed by atoms with Crippen LogP contribution >= 0.6 is 15.9 Å². The number of alkyl halides is 1. The number of fused-ring (bicyclic) bond motifs is 1. The number of halogens is 2. The van der Waals surface area contributed by atoms with Crippen LogP contribution in [0.25, 0.3) is 0 Å². The van der Waals surface area contributed by atoms with Crippen molar-refractivity contribution in [2.75, 3.05) is 13.2 Å². The summed E-state index contributed by atoms with van der Waals surface area (Å²) in [7, 11) is 0. The van der Waals surface area contributed by atoms with Gasteiger partial charge in [-0.15, -0.1) is 0 Å². The molecule has 2 nitrogen and oxygen atoms in total. The summed E-state index contributed by atoms with van der Waals surface area (Å²) in [4.78, 5) is 13.5. The summed E-state index contributed by atoms with van der Waals surface area (Å²) in [6.45, 7) is 0.735. The van der Waals surface area contributed by atoms with Gasteiger partial charge in [0, 0.05) is 23.1 Å². The van der Waals surface area contributed by atoms with Crippen molar-refractivity contribution in [3.63, 3.8) is 0 Å². The summed E-state index contributed by atoms with van der Waals surface area (Å²) < 4.78 is 13.0. The number of hydrogen-bond donors (Lipinski definition) is 0. The summed E-state index contributed by atoms with van der Waals surface area (Å²) in [5.74, 6) is 0.0194. The van der Waals surface area contributed by atoms with Crippen molar-refractivity contribution in [3.8, 4) is 0 Å². The first-order valence-electron chi connectivity index (χ1n) is 4.86. The molecule has 0 aliphatic carbocycles. The second-order valence-corrected chi connectivity index (χ2v) is 4.49. The molecule has 1 aromatic carbocycles. The standard InChI is InChI=1S/C11H11BrFNO/c12-9-2-3-10-8(6-9)7-14(11(10)15)5-1-4-13/h2-3,6H,1,4-5,7H2. The number of carbonyl (C=O) groups excluding carboxylic acids is 1. The van der Waals surface area contributed by atoms with Gasteiger partial charge in [-0.25, -0.2) is 0 Å². The van der Waals surface area contributed by atoms with E-state index in [4.69, 9.17) is 0 Å². The Balaban J connectivity index is 2.18. The van der Waals surface area contributed by atoms with Gasteiger partial charge in [-0.05, 0) is 30.2 Å². The van der Waals surface area contributed by atoms with Crippen molar-refractivity contribution in [1.82, 2.24) is 4.90 Å². The molecule has 0 atom stereocenters. The van der Waals surface area contributed by atoms with Crippen LogP contribution in [0, 0.1) is 0 Å². The Morgan fingerprint density at radius 1 is 1.47 bits per heavy atom. The summed E-state index contributed by atoms with van der Waals surface area (Å²) in [5, 5.41) is 0. The highest BCUT2D eigenvalue weighted by Crippen LogP contribution is 2.25. The van der Waals surface area contributed by atoms with E-state index in [0.717, 1.165) is 15.6 Å². The predicted octanol–water partition coefficient (Wildman–Crippen LogP) is 2.76. The number of rotatable bonds is 3. The van der Waals surface area contributed by atoms with Crippen LogP contribution in [-0.4, -0.2) is 24.0 Å². The summed E-state index contributed by atoms with van der Waals surface area (Å²) >= 11 is 3.37. The molecule has 0 unspecified atom stereocenters. The third-order valence-corrected chi connectivity index (χ3v) is 3.00. The quantitative estimate of drug-likeness (QED) is 0.828. The molecule has 0 aromatic heterocycles. The monoisotopic (exact) mass is 271 g/mol. The maximum atomic E-state index is 12.0. The van der Waals surface area contributed by atoms with Gasteiger partial charge < -0.3 is 4.90 Å². The van der Waals surface area contributed by atoms with Crippen molar-refractivity contribution in [2.24, 2.45) is 0 Å². The highest BCUT2D eigenvalue weighted by molar-refractivity contribution is 9.10. The lowest BCUT2D eigenvalue weighted by Gasteiger charge is -2.13. The van der Waals surface area contributed by atoms with E-state index in [1.165, 1.54) is 0 Å². The van der Waals surface area contributed by atoms with E-state index in [1.54, 1.807) is 4.90 Å². The van der Waals surface area contributed by atoms with E-state index in [9.17, 15) is 9.18 Å². The summed E-state index contributed by atoms with van der Waals surface area (Å²) in [5.41, 5.74) is 1.77. The molecule has 0 fully saturated rings. The Morgan fingerprint density at radius 2 is 2.27 bits per heavy atom. The van der Waals surface area contributed by atoms with E-state index < -0.39 is 0 Å². The maximum Gasteiger partial charge on any atom is 0.254 e. The van der Waals surface area contributed by atoms with E-state index in [0.29, 0.717) is 19.5 Å². The Bertz CT molecular complexity index is 394. The van der Waals surface area contributed by atoms with Gasteiger partial charge in [-0.2, -0.15) is 0 Å². The number of amides is 1. The van der Waals surface area contributed by atoms with Crippen LogP contribution in [0.1, 0.15) is 22.3 Å². The molecule has 0 spiro atoms. The Morgan fingerprint density at radius 3 is 3.00 bits per heavy atom. The van der Waals surface area contributed by atoms with Gasteiger partial charge in [0.1, 0.15) is 0 Å². The van der Waals surface area contributed by atoms with Crippen LogP contribution in [0.5, 0.6) is 0 Å². The van der Waals surface area contributed by atoms with Crippen LogP contribution in [0.15, 0.2) is 22.7 Å². The van der Waals surface area contributed by atoms with Crippen molar-refractivity contribution in [3.05, 3.63) is 33.8 Å². The third-order valence-electron chi connectivity index (χ3n) is 2.51.